The SMILES string of the molecule is C=C(C)CCCCNCCC(=CC=C(C)OC)CC. The van der Waals surface area contributed by atoms with Gasteiger partial charge < -0.3 is 10.1 Å². The van der Waals surface area contributed by atoms with Crippen LogP contribution in [0.3, 0.4) is 0 Å². The van der Waals surface area contributed by atoms with Gasteiger partial charge in [-0.05, 0) is 65.1 Å². The highest BCUT2D eigenvalue weighted by atomic mass is 16.5. The van der Waals surface area contributed by atoms with Gasteiger partial charge in [-0.25, -0.2) is 0 Å². The third kappa shape index (κ3) is 11.8. The molecule has 0 saturated carbocycles. The summed E-state index contributed by atoms with van der Waals surface area (Å²) in [5.41, 5.74) is 2.75. The van der Waals surface area contributed by atoms with Crippen LogP contribution in [0.1, 0.15) is 52.9 Å². The molecule has 1 N–H and O–H groups in total. The van der Waals surface area contributed by atoms with E-state index < -0.39 is 0 Å². The third-order valence-electron chi connectivity index (χ3n) is 3.16. The Balaban J connectivity index is 3.70. The molecule has 0 aromatic carbocycles. The Hall–Kier alpha value is -1.02. The fraction of sp³-hybridized carbons (Fsp3) is 0.647. The molecule has 0 saturated heterocycles. The molecular formula is C17H31NO. The molecular weight excluding hydrogens is 234 g/mol. The van der Waals surface area contributed by atoms with Crippen LogP contribution in [0.15, 0.2) is 35.6 Å². The van der Waals surface area contributed by atoms with Gasteiger partial charge in [0.15, 0.2) is 0 Å². The van der Waals surface area contributed by atoms with Crippen molar-refractivity contribution in [2.75, 3.05) is 20.2 Å². The number of hydrogen-bond acceptors (Lipinski definition) is 2. The summed E-state index contributed by atoms with van der Waals surface area (Å²) in [6.07, 6.45) is 10.1. The summed E-state index contributed by atoms with van der Waals surface area (Å²) < 4.78 is 5.13. The fourth-order valence-electron chi connectivity index (χ4n) is 1.73. The van der Waals surface area contributed by atoms with Crippen molar-refractivity contribution >= 4 is 0 Å². The second-order valence-corrected chi connectivity index (χ2v) is 5.07. The quantitative estimate of drug-likeness (QED) is 0.255. The van der Waals surface area contributed by atoms with Crippen LogP contribution >= 0.6 is 0 Å². The van der Waals surface area contributed by atoms with Gasteiger partial charge in [-0.2, -0.15) is 0 Å². The maximum atomic E-state index is 5.13. The van der Waals surface area contributed by atoms with E-state index in [4.69, 9.17) is 4.74 Å². The topological polar surface area (TPSA) is 21.3 Å². The monoisotopic (exact) mass is 265 g/mol. The summed E-state index contributed by atoms with van der Waals surface area (Å²) in [6.45, 7) is 12.4. The van der Waals surface area contributed by atoms with Gasteiger partial charge >= 0.3 is 0 Å². The Labute approximate surface area is 119 Å². The molecule has 0 atom stereocenters. The van der Waals surface area contributed by atoms with E-state index in [-0.39, 0.29) is 0 Å². The van der Waals surface area contributed by atoms with Gasteiger partial charge in [0.1, 0.15) is 0 Å². The molecule has 0 unspecified atom stereocenters. The summed E-state index contributed by atoms with van der Waals surface area (Å²) in [4.78, 5) is 0. The van der Waals surface area contributed by atoms with E-state index >= 15 is 0 Å². The lowest BCUT2D eigenvalue weighted by Gasteiger charge is -2.07. The summed E-state index contributed by atoms with van der Waals surface area (Å²) in [6, 6.07) is 0. The lowest BCUT2D eigenvalue weighted by molar-refractivity contribution is 0.293. The van der Waals surface area contributed by atoms with Crippen molar-refractivity contribution in [1.82, 2.24) is 5.32 Å². The number of allylic oxidation sites excluding steroid dienone is 4. The van der Waals surface area contributed by atoms with E-state index in [1.54, 1.807) is 7.11 Å². The van der Waals surface area contributed by atoms with E-state index in [1.165, 1.54) is 24.0 Å². The van der Waals surface area contributed by atoms with Gasteiger partial charge in [-0.15, -0.1) is 6.58 Å². The maximum Gasteiger partial charge on any atom is 0.0924 e. The summed E-state index contributed by atoms with van der Waals surface area (Å²) in [5, 5.41) is 3.50. The third-order valence-corrected chi connectivity index (χ3v) is 3.16. The minimum atomic E-state index is 0.957. The first-order valence-corrected chi connectivity index (χ1v) is 7.35. The van der Waals surface area contributed by atoms with Gasteiger partial charge in [-0.1, -0.05) is 24.1 Å². The van der Waals surface area contributed by atoms with Crippen molar-refractivity contribution in [3.63, 3.8) is 0 Å². The minimum absolute atomic E-state index is 0.957. The van der Waals surface area contributed by atoms with Crippen LogP contribution in [0.2, 0.25) is 0 Å². The molecule has 0 spiro atoms. The molecule has 0 radical (unpaired) electrons. The number of unbranched alkanes of at least 4 members (excludes halogenated alkanes) is 1. The first-order valence-electron chi connectivity index (χ1n) is 7.35. The van der Waals surface area contributed by atoms with Crippen LogP contribution in [0.4, 0.5) is 0 Å². The number of nitrogens with one attached hydrogen (secondary N) is 1. The van der Waals surface area contributed by atoms with Crippen LogP contribution in [-0.2, 0) is 4.74 Å². The largest absolute Gasteiger partial charge is 0.501 e. The first-order chi connectivity index (χ1) is 9.10. The van der Waals surface area contributed by atoms with Gasteiger partial charge in [0.2, 0.25) is 0 Å². The standard InChI is InChI=1S/C17H31NO/c1-6-17(11-10-16(4)19-5)12-14-18-13-8-7-9-15(2)3/h10-11,18H,2,6-9,12-14H2,1,3-5H3. The maximum absolute atomic E-state index is 5.13. The molecule has 0 amide bonds. The lowest BCUT2D eigenvalue weighted by atomic mass is 10.1. The molecule has 0 aromatic heterocycles. The number of ether oxygens (including phenoxy) is 1. The fourth-order valence-corrected chi connectivity index (χ4v) is 1.73. The van der Waals surface area contributed by atoms with Crippen LogP contribution in [-0.4, -0.2) is 20.2 Å². The van der Waals surface area contributed by atoms with E-state index in [9.17, 15) is 0 Å². The molecule has 0 rings (SSSR count). The highest BCUT2D eigenvalue weighted by Crippen LogP contribution is 2.07. The highest BCUT2D eigenvalue weighted by molar-refractivity contribution is 5.14. The average Bonchev–Trinajstić information content (AvgIpc) is 2.40. The van der Waals surface area contributed by atoms with Gasteiger partial charge in [0.05, 0.1) is 12.9 Å². The molecule has 0 fully saturated rings. The highest BCUT2D eigenvalue weighted by Gasteiger charge is 1.95. The zero-order chi connectivity index (χ0) is 14.5. The number of methoxy groups -OCH3 is 1. The van der Waals surface area contributed by atoms with Crippen molar-refractivity contribution in [2.45, 2.75) is 52.9 Å². The van der Waals surface area contributed by atoms with Crippen LogP contribution in [0, 0.1) is 0 Å². The van der Waals surface area contributed by atoms with Crippen LogP contribution < -0.4 is 5.32 Å². The molecule has 19 heavy (non-hydrogen) atoms. The van der Waals surface area contributed by atoms with Crippen molar-refractivity contribution in [1.29, 1.82) is 0 Å². The molecule has 2 heteroatoms. The molecule has 0 heterocycles. The van der Waals surface area contributed by atoms with Crippen molar-refractivity contribution in [3.05, 3.63) is 35.6 Å². The van der Waals surface area contributed by atoms with Crippen molar-refractivity contribution in [3.8, 4) is 0 Å². The molecule has 0 aromatic rings. The predicted molar refractivity (Wildman–Crippen MR) is 85.3 cm³/mol. The smallest absolute Gasteiger partial charge is 0.0924 e. The molecule has 0 aliphatic carbocycles. The van der Waals surface area contributed by atoms with E-state index in [0.29, 0.717) is 0 Å². The lowest BCUT2D eigenvalue weighted by Crippen LogP contribution is -2.17. The summed E-state index contributed by atoms with van der Waals surface area (Å²) >= 11 is 0. The summed E-state index contributed by atoms with van der Waals surface area (Å²) in [5.74, 6) is 0.957. The average molecular weight is 265 g/mol. The molecule has 110 valence electrons. The summed E-state index contributed by atoms with van der Waals surface area (Å²) in [7, 11) is 1.71. The van der Waals surface area contributed by atoms with Crippen molar-refractivity contribution < 1.29 is 4.74 Å². The van der Waals surface area contributed by atoms with Crippen molar-refractivity contribution in [2.24, 2.45) is 0 Å². The van der Waals surface area contributed by atoms with E-state index in [1.807, 2.05) is 13.0 Å². The predicted octanol–water partition coefficient (Wildman–Crippen LogP) is 4.60. The van der Waals surface area contributed by atoms with Crippen LogP contribution in [0.5, 0.6) is 0 Å². The van der Waals surface area contributed by atoms with E-state index in [0.717, 1.165) is 38.1 Å². The second-order valence-electron chi connectivity index (χ2n) is 5.07. The zero-order valence-electron chi connectivity index (χ0n) is 13.2. The minimum Gasteiger partial charge on any atom is -0.501 e. The molecule has 2 nitrogen and oxygen atoms in total. The van der Waals surface area contributed by atoms with Crippen LogP contribution in [0.25, 0.3) is 0 Å². The van der Waals surface area contributed by atoms with Gasteiger partial charge in [0, 0.05) is 0 Å². The number of rotatable bonds is 11. The molecule has 0 aliphatic heterocycles. The van der Waals surface area contributed by atoms with E-state index in [2.05, 4.69) is 31.8 Å². The Kier molecular flexibility index (Phi) is 11.4. The molecule has 0 bridgehead atoms. The normalized spacial score (nSPS) is 12.6. The first kappa shape index (κ1) is 18.0. The zero-order valence-corrected chi connectivity index (χ0v) is 13.2. The Bertz CT molecular complexity index is 302. The Morgan fingerprint density at radius 3 is 2.42 bits per heavy atom. The molecule has 0 aliphatic rings. The number of hydrogen-bond donors (Lipinski definition) is 1. The second kappa shape index (κ2) is 12.0. The van der Waals surface area contributed by atoms with Gasteiger partial charge in [-0.3, -0.25) is 0 Å². The Morgan fingerprint density at radius 1 is 1.11 bits per heavy atom. The van der Waals surface area contributed by atoms with Gasteiger partial charge in [0.25, 0.3) is 0 Å². The Morgan fingerprint density at radius 2 is 1.84 bits per heavy atom.